The third-order valence-electron chi connectivity index (χ3n) is 2.53. The maximum atomic E-state index is 12.2. The molecule has 0 amide bonds. The minimum absolute atomic E-state index is 0. The molecule has 1 fully saturated rings. The zero-order chi connectivity index (χ0) is 11.6. The number of nitrogens with one attached hydrogen (secondary N) is 1. The van der Waals surface area contributed by atoms with E-state index in [9.17, 15) is 8.42 Å². The molecule has 17 heavy (non-hydrogen) atoms. The van der Waals surface area contributed by atoms with Crippen LogP contribution in [-0.2, 0) is 10.0 Å². The summed E-state index contributed by atoms with van der Waals surface area (Å²) in [7, 11) is -3.43. The molecule has 0 aromatic heterocycles. The van der Waals surface area contributed by atoms with Crippen molar-refractivity contribution >= 4 is 21.6 Å². The zero-order valence-corrected chi connectivity index (χ0v) is 11.4. The molecule has 7 heteroatoms. The quantitative estimate of drug-likeness (QED) is 0.683. The van der Waals surface area contributed by atoms with E-state index in [-0.39, 0.29) is 22.3 Å². The second kappa shape index (κ2) is 6.02. The largest absolute Gasteiger partial charge is 1.00 e. The van der Waals surface area contributed by atoms with Gasteiger partial charge in [0.25, 0.3) is 0 Å². The van der Waals surface area contributed by atoms with Crippen LogP contribution in [-0.4, -0.2) is 38.9 Å². The SMILES string of the molecule is O=S(=O)(c1ccccc1Cl)N1CCNCC1.[Cl-]. The van der Waals surface area contributed by atoms with Gasteiger partial charge >= 0.3 is 0 Å². The zero-order valence-electron chi connectivity index (χ0n) is 9.07. The monoisotopic (exact) mass is 295 g/mol. The minimum atomic E-state index is -3.43. The second-order valence-corrected chi connectivity index (χ2v) is 5.90. The lowest BCUT2D eigenvalue weighted by atomic mass is 10.4. The van der Waals surface area contributed by atoms with E-state index in [1.54, 1.807) is 24.3 Å². The number of piperazine rings is 1. The van der Waals surface area contributed by atoms with Crippen molar-refractivity contribution in [3.63, 3.8) is 0 Å². The van der Waals surface area contributed by atoms with Gasteiger partial charge in [0, 0.05) is 26.2 Å². The van der Waals surface area contributed by atoms with Gasteiger partial charge in [0.1, 0.15) is 4.90 Å². The summed E-state index contributed by atoms with van der Waals surface area (Å²) in [6.07, 6.45) is 0. The highest BCUT2D eigenvalue weighted by Crippen LogP contribution is 2.24. The molecule has 0 unspecified atom stereocenters. The Morgan fingerprint density at radius 3 is 2.35 bits per heavy atom. The van der Waals surface area contributed by atoms with Crippen LogP contribution >= 0.6 is 11.6 Å². The molecule has 4 nitrogen and oxygen atoms in total. The van der Waals surface area contributed by atoms with Crippen LogP contribution in [0.2, 0.25) is 5.02 Å². The van der Waals surface area contributed by atoms with Gasteiger partial charge in [-0.15, -0.1) is 0 Å². The molecule has 1 aromatic carbocycles. The fraction of sp³-hybridized carbons (Fsp3) is 0.400. The van der Waals surface area contributed by atoms with Gasteiger partial charge in [0.2, 0.25) is 10.0 Å². The van der Waals surface area contributed by atoms with E-state index in [0.717, 1.165) is 0 Å². The molecule has 96 valence electrons. The van der Waals surface area contributed by atoms with Gasteiger partial charge in [-0.25, -0.2) is 8.42 Å². The van der Waals surface area contributed by atoms with Gasteiger partial charge in [-0.3, -0.25) is 0 Å². The van der Waals surface area contributed by atoms with Gasteiger partial charge in [0.15, 0.2) is 0 Å². The lowest BCUT2D eigenvalue weighted by Crippen LogP contribution is -3.00. The average Bonchev–Trinajstić information content (AvgIpc) is 2.30. The van der Waals surface area contributed by atoms with E-state index >= 15 is 0 Å². The molecular formula is C10H13Cl2N2O2S-. The van der Waals surface area contributed by atoms with E-state index in [1.807, 2.05) is 0 Å². The molecule has 0 aliphatic carbocycles. The Balaban J connectivity index is 0.00000144. The van der Waals surface area contributed by atoms with Crippen molar-refractivity contribution in [2.45, 2.75) is 4.90 Å². The number of sulfonamides is 1. The fourth-order valence-electron chi connectivity index (χ4n) is 1.68. The number of benzene rings is 1. The van der Waals surface area contributed by atoms with E-state index in [0.29, 0.717) is 26.2 Å². The molecule has 0 saturated carbocycles. The average molecular weight is 296 g/mol. The van der Waals surface area contributed by atoms with Crippen molar-refractivity contribution in [1.82, 2.24) is 9.62 Å². The third-order valence-corrected chi connectivity index (χ3v) is 4.93. The molecule has 0 spiro atoms. The highest BCUT2D eigenvalue weighted by molar-refractivity contribution is 7.89. The summed E-state index contributed by atoms with van der Waals surface area (Å²) >= 11 is 5.91. The van der Waals surface area contributed by atoms with Gasteiger partial charge in [-0.05, 0) is 12.1 Å². The first-order valence-corrected chi connectivity index (χ1v) is 6.89. The summed E-state index contributed by atoms with van der Waals surface area (Å²) < 4.78 is 25.9. The molecule has 2 rings (SSSR count). The van der Waals surface area contributed by atoms with Crippen molar-refractivity contribution in [1.29, 1.82) is 0 Å². The van der Waals surface area contributed by atoms with Crippen LogP contribution in [0.1, 0.15) is 0 Å². The van der Waals surface area contributed by atoms with Crippen LogP contribution in [0.25, 0.3) is 0 Å². The van der Waals surface area contributed by atoms with Crippen molar-refractivity contribution in [2.75, 3.05) is 26.2 Å². The number of nitrogens with zero attached hydrogens (tertiary/aromatic N) is 1. The van der Waals surface area contributed by atoms with E-state index in [1.165, 1.54) is 4.31 Å². The molecule has 1 aliphatic rings. The maximum Gasteiger partial charge on any atom is 0.244 e. The molecule has 1 saturated heterocycles. The van der Waals surface area contributed by atoms with Gasteiger partial charge in [0.05, 0.1) is 5.02 Å². The molecule has 0 atom stereocenters. The lowest BCUT2D eigenvalue weighted by Gasteiger charge is -2.26. The minimum Gasteiger partial charge on any atom is -1.00 e. The van der Waals surface area contributed by atoms with Crippen molar-refractivity contribution in [3.8, 4) is 0 Å². The highest BCUT2D eigenvalue weighted by atomic mass is 35.5. The van der Waals surface area contributed by atoms with Crippen LogP contribution in [0, 0.1) is 0 Å². The van der Waals surface area contributed by atoms with Crippen LogP contribution in [0.3, 0.4) is 0 Å². The smallest absolute Gasteiger partial charge is 0.244 e. The molecule has 1 aliphatic heterocycles. The van der Waals surface area contributed by atoms with Crippen LogP contribution < -0.4 is 17.7 Å². The van der Waals surface area contributed by atoms with E-state index < -0.39 is 10.0 Å². The number of rotatable bonds is 2. The van der Waals surface area contributed by atoms with Gasteiger partial charge in [-0.2, -0.15) is 4.31 Å². The molecule has 1 N–H and O–H groups in total. The number of hydrogen-bond donors (Lipinski definition) is 1. The Morgan fingerprint density at radius 1 is 1.18 bits per heavy atom. The predicted octanol–water partition coefficient (Wildman–Crippen LogP) is -2.06. The van der Waals surface area contributed by atoms with E-state index in [2.05, 4.69) is 5.32 Å². The van der Waals surface area contributed by atoms with Gasteiger partial charge in [-0.1, -0.05) is 23.7 Å². The Morgan fingerprint density at radius 2 is 1.76 bits per heavy atom. The normalized spacial score (nSPS) is 17.5. The summed E-state index contributed by atoms with van der Waals surface area (Å²) in [5.74, 6) is 0. The van der Waals surface area contributed by atoms with Crippen molar-refractivity contribution < 1.29 is 20.8 Å². The predicted molar refractivity (Wildman–Crippen MR) is 63.1 cm³/mol. The molecule has 0 radical (unpaired) electrons. The molecule has 1 heterocycles. The summed E-state index contributed by atoms with van der Waals surface area (Å²) in [6.45, 7) is 2.36. The first kappa shape index (κ1) is 14.7. The highest BCUT2D eigenvalue weighted by Gasteiger charge is 2.27. The summed E-state index contributed by atoms with van der Waals surface area (Å²) in [4.78, 5) is 0.193. The van der Waals surface area contributed by atoms with Crippen molar-refractivity contribution in [3.05, 3.63) is 29.3 Å². The topological polar surface area (TPSA) is 49.4 Å². The summed E-state index contributed by atoms with van der Waals surface area (Å²) in [6, 6.07) is 6.54. The number of halogens is 2. The van der Waals surface area contributed by atoms with Crippen LogP contribution in [0.5, 0.6) is 0 Å². The molecule has 0 bridgehead atoms. The standard InChI is InChI=1S/C10H13ClN2O2S.ClH/c11-9-3-1-2-4-10(9)16(14,15)13-7-5-12-6-8-13;/h1-4,12H,5-8H2;1H/p-1. The second-order valence-electron chi connectivity index (χ2n) is 3.58. The van der Waals surface area contributed by atoms with Crippen LogP contribution in [0.15, 0.2) is 29.2 Å². The fourth-order valence-corrected chi connectivity index (χ4v) is 3.61. The third kappa shape index (κ3) is 3.11. The van der Waals surface area contributed by atoms with Crippen molar-refractivity contribution in [2.24, 2.45) is 0 Å². The summed E-state index contributed by atoms with van der Waals surface area (Å²) in [5, 5.41) is 3.39. The maximum absolute atomic E-state index is 12.2. The van der Waals surface area contributed by atoms with E-state index in [4.69, 9.17) is 11.6 Å². The van der Waals surface area contributed by atoms with Gasteiger partial charge < -0.3 is 17.7 Å². The molecule has 1 aromatic rings. The summed E-state index contributed by atoms with van der Waals surface area (Å²) in [5.41, 5.74) is 0. The first-order chi connectivity index (χ1) is 7.62. The molecular weight excluding hydrogens is 283 g/mol. The first-order valence-electron chi connectivity index (χ1n) is 5.08. The Labute approximate surface area is 112 Å². The Kier molecular flexibility index (Phi) is 5.22. The lowest BCUT2D eigenvalue weighted by molar-refractivity contribution is -0.00000575. The Hall–Kier alpha value is -0.330. The number of hydrogen-bond acceptors (Lipinski definition) is 3. The Bertz CT molecular complexity index is 473. The van der Waals surface area contributed by atoms with Crippen LogP contribution in [0.4, 0.5) is 0 Å².